The van der Waals surface area contributed by atoms with Crippen LogP contribution in [-0.2, 0) is 0 Å². The number of fused-ring (bicyclic) bond motifs is 1. The number of hydrogen-bond acceptors (Lipinski definition) is 5. The van der Waals surface area contributed by atoms with Crippen LogP contribution in [0.3, 0.4) is 0 Å². The van der Waals surface area contributed by atoms with Gasteiger partial charge >= 0.3 is 0 Å². The summed E-state index contributed by atoms with van der Waals surface area (Å²) >= 11 is 0. The lowest BCUT2D eigenvalue weighted by atomic mass is 10.0. The SMILES string of the molecule is Cc1c(-c2ccc(N3CCN(C)CC3)nc2)nc2ccccc2c1N. The Labute approximate surface area is 148 Å². The predicted octanol–water partition coefficient (Wildman–Crippen LogP) is 2.94. The number of para-hydroxylation sites is 1. The Morgan fingerprint density at radius 1 is 1.00 bits per heavy atom. The second kappa shape index (κ2) is 6.33. The molecule has 3 aromatic rings. The van der Waals surface area contributed by atoms with Crippen LogP contribution in [0.25, 0.3) is 22.2 Å². The summed E-state index contributed by atoms with van der Waals surface area (Å²) in [4.78, 5) is 14.2. The zero-order chi connectivity index (χ0) is 17.4. The van der Waals surface area contributed by atoms with E-state index >= 15 is 0 Å². The van der Waals surface area contributed by atoms with Gasteiger partial charge in [0.15, 0.2) is 0 Å². The number of benzene rings is 1. The van der Waals surface area contributed by atoms with Crippen LogP contribution >= 0.6 is 0 Å². The van der Waals surface area contributed by atoms with Crippen molar-refractivity contribution < 1.29 is 0 Å². The van der Waals surface area contributed by atoms with E-state index in [2.05, 4.69) is 34.0 Å². The Morgan fingerprint density at radius 2 is 1.76 bits per heavy atom. The fourth-order valence-electron chi connectivity index (χ4n) is 3.36. The van der Waals surface area contributed by atoms with Crippen molar-refractivity contribution in [2.24, 2.45) is 0 Å². The Kier molecular flexibility index (Phi) is 4.01. The molecular weight excluding hydrogens is 310 g/mol. The molecule has 4 rings (SSSR count). The van der Waals surface area contributed by atoms with Crippen molar-refractivity contribution in [3.05, 3.63) is 48.2 Å². The number of nitrogens with two attached hydrogens (primary N) is 1. The first-order valence-corrected chi connectivity index (χ1v) is 8.68. The van der Waals surface area contributed by atoms with Crippen molar-refractivity contribution in [2.45, 2.75) is 6.92 Å². The van der Waals surface area contributed by atoms with E-state index in [0.29, 0.717) is 0 Å². The van der Waals surface area contributed by atoms with Gasteiger partial charge in [-0.1, -0.05) is 18.2 Å². The number of piperazine rings is 1. The third kappa shape index (κ3) is 2.91. The van der Waals surface area contributed by atoms with Crippen molar-refractivity contribution in [1.29, 1.82) is 0 Å². The van der Waals surface area contributed by atoms with E-state index in [0.717, 1.165) is 65.4 Å². The molecule has 128 valence electrons. The van der Waals surface area contributed by atoms with Crippen LogP contribution < -0.4 is 10.6 Å². The van der Waals surface area contributed by atoms with Gasteiger partial charge in [-0.05, 0) is 37.7 Å². The Morgan fingerprint density at radius 3 is 2.48 bits per heavy atom. The van der Waals surface area contributed by atoms with Crippen LogP contribution in [0.4, 0.5) is 11.5 Å². The van der Waals surface area contributed by atoms with Gasteiger partial charge in [0.05, 0.1) is 11.2 Å². The minimum Gasteiger partial charge on any atom is -0.398 e. The molecule has 5 nitrogen and oxygen atoms in total. The van der Waals surface area contributed by atoms with Crippen molar-refractivity contribution in [3.8, 4) is 11.3 Å². The zero-order valence-electron chi connectivity index (χ0n) is 14.7. The van der Waals surface area contributed by atoms with E-state index < -0.39 is 0 Å². The molecule has 2 aromatic heterocycles. The number of likely N-dealkylation sites (N-methyl/N-ethyl adjacent to an activating group) is 1. The van der Waals surface area contributed by atoms with Gasteiger partial charge in [-0.15, -0.1) is 0 Å². The Balaban J connectivity index is 1.68. The molecular formula is C20H23N5. The lowest BCUT2D eigenvalue weighted by molar-refractivity contribution is 0.312. The number of aromatic nitrogens is 2. The van der Waals surface area contributed by atoms with Crippen LogP contribution in [-0.4, -0.2) is 48.1 Å². The molecule has 5 heteroatoms. The monoisotopic (exact) mass is 333 g/mol. The Bertz CT molecular complexity index is 896. The smallest absolute Gasteiger partial charge is 0.128 e. The molecule has 0 unspecified atom stereocenters. The normalized spacial score (nSPS) is 15.7. The van der Waals surface area contributed by atoms with Crippen molar-refractivity contribution >= 4 is 22.4 Å². The maximum Gasteiger partial charge on any atom is 0.128 e. The highest BCUT2D eigenvalue weighted by Crippen LogP contribution is 2.31. The minimum atomic E-state index is 0.795. The topological polar surface area (TPSA) is 58.3 Å². The maximum absolute atomic E-state index is 6.34. The third-order valence-corrected chi connectivity index (χ3v) is 5.03. The second-order valence-corrected chi connectivity index (χ2v) is 6.71. The summed E-state index contributed by atoms with van der Waals surface area (Å²) in [6.45, 7) is 6.21. The molecule has 0 amide bonds. The molecule has 3 heterocycles. The average Bonchev–Trinajstić information content (AvgIpc) is 2.65. The zero-order valence-corrected chi connectivity index (χ0v) is 14.7. The average molecular weight is 333 g/mol. The highest BCUT2D eigenvalue weighted by Gasteiger charge is 2.16. The van der Waals surface area contributed by atoms with E-state index in [9.17, 15) is 0 Å². The fourth-order valence-corrected chi connectivity index (χ4v) is 3.36. The third-order valence-electron chi connectivity index (χ3n) is 5.03. The summed E-state index contributed by atoms with van der Waals surface area (Å²) in [5.41, 5.74) is 11.0. The van der Waals surface area contributed by atoms with Crippen molar-refractivity contribution in [3.63, 3.8) is 0 Å². The number of hydrogen-bond donors (Lipinski definition) is 1. The summed E-state index contributed by atoms with van der Waals surface area (Å²) in [7, 11) is 2.16. The number of pyridine rings is 2. The highest BCUT2D eigenvalue weighted by molar-refractivity contribution is 5.94. The van der Waals surface area contributed by atoms with E-state index in [1.165, 1.54) is 0 Å². The maximum atomic E-state index is 6.34. The largest absolute Gasteiger partial charge is 0.398 e. The first-order chi connectivity index (χ1) is 12.1. The molecule has 25 heavy (non-hydrogen) atoms. The molecule has 1 fully saturated rings. The van der Waals surface area contributed by atoms with Gasteiger partial charge < -0.3 is 15.5 Å². The molecule has 1 aliphatic heterocycles. The molecule has 1 aromatic carbocycles. The molecule has 0 radical (unpaired) electrons. The number of nitrogen functional groups attached to an aromatic ring is 1. The minimum absolute atomic E-state index is 0.795. The van der Waals surface area contributed by atoms with Crippen LogP contribution in [0.5, 0.6) is 0 Å². The molecule has 2 N–H and O–H groups in total. The first-order valence-electron chi connectivity index (χ1n) is 8.68. The predicted molar refractivity (Wildman–Crippen MR) is 104 cm³/mol. The van der Waals surface area contributed by atoms with Crippen LogP contribution in [0, 0.1) is 6.92 Å². The van der Waals surface area contributed by atoms with E-state index in [1.54, 1.807) is 0 Å². The lowest BCUT2D eigenvalue weighted by Gasteiger charge is -2.33. The molecule has 0 spiro atoms. The van der Waals surface area contributed by atoms with Crippen molar-refractivity contribution in [2.75, 3.05) is 43.9 Å². The molecule has 1 aliphatic rings. The van der Waals surface area contributed by atoms with Crippen LogP contribution in [0.2, 0.25) is 0 Å². The van der Waals surface area contributed by atoms with Gasteiger partial charge in [0, 0.05) is 49.0 Å². The van der Waals surface area contributed by atoms with E-state index in [4.69, 9.17) is 10.7 Å². The highest BCUT2D eigenvalue weighted by atomic mass is 15.3. The van der Waals surface area contributed by atoms with Gasteiger partial charge in [0.25, 0.3) is 0 Å². The molecule has 0 bridgehead atoms. The summed E-state index contributed by atoms with van der Waals surface area (Å²) in [6.07, 6.45) is 1.91. The second-order valence-electron chi connectivity index (χ2n) is 6.71. The summed E-state index contributed by atoms with van der Waals surface area (Å²) < 4.78 is 0. The van der Waals surface area contributed by atoms with Crippen molar-refractivity contribution in [1.82, 2.24) is 14.9 Å². The van der Waals surface area contributed by atoms with Gasteiger partial charge in [-0.3, -0.25) is 0 Å². The van der Waals surface area contributed by atoms with Gasteiger partial charge in [0.1, 0.15) is 5.82 Å². The molecule has 0 atom stereocenters. The number of nitrogens with zero attached hydrogens (tertiary/aromatic N) is 4. The molecule has 0 aliphatic carbocycles. The van der Waals surface area contributed by atoms with Gasteiger partial charge in [-0.25, -0.2) is 9.97 Å². The quantitative estimate of drug-likeness (QED) is 0.781. The van der Waals surface area contributed by atoms with Gasteiger partial charge in [0.2, 0.25) is 0 Å². The summed E-state index contributed by atoms with van der Waals surface area (Å²) in [5, 5.41) is 1.01. The molecule has 1 saturated heterocycles. The van der Waals surface area contributed by atoms with Crippen LogP contribution in [0.1, 0.15) is 5.56 Å². The van der Waals surface area contributed by atoms with E-state index in [-0.39, 0.29) is 0 Å². The van der Waals surface area contributed by atoms with E-state index in [1.807, 2.05) is 37.4 Å². The van der Waals surface area contributed by atoms with Crippen LogP contribution in [0.15, 0.2) is 42.6 Å². The summed E-state index contributed by atoms with van der Waals surface area (Å²) in [6, 6.07) is 12.2. The fraction of sp³-hybridized carbons (Fsp3) is 0.300. The number of rotatable bonds is 2. The lowest BCUT2D eigenvalue weighted by Crippen LogP contribution is -2.44. The summed E-state index contributed by atoms with van der Waals surface area (Å²) in [5.74, 6) is 1.03. The van der Waals surface area contributed by atoms with Gasteiger partial charge in [-0.2, -0.15) is 0 Å². The standard InChI is InChI=1S/C20H23N5/c1-14-19(21)16-5-3-4-6-17(16)23-20(14)15-7-8-18(22-13-15)25-11-9-24(2)10-12-25/h3-8,13H,9-12H2,1-2H3,(H2,21,23). The number of anilines is 2. The first kappa shape index (κ1) is 15.8. The molecule has 0 saturated carbocycles. The Hall–Kier alpha value is -2.66.